The smallest absolute Gasteiger partial charge is 0.237 e. The summed E-state index contributed by atoms with van der Waals surface area (Å²) in [6.07, 6.45) is 0. The van der Waals surface area contributed by atoms with Crippen molar-refractivity contribution in [2.24, 2.45) is 0 Å². The van der Waals surface area contributed by atoms with E-state index in [1.807, 2.05) is 91.9 Å². The van der Waals surface area contributed by atoms with Gasteiger partial charge in [0.1, 0.15) is 0 Å². The molecule has 0 saturated carbocycles. The number of carbonyl (C=O) groups is 1. The molecule has 1 unspecified atom stereocenters. The van der Waals surface area contributed by atoms with Crippen LogP contribution in [-0.4, -0.2) is 21.1 Å². The molecule has 1 amide bonds. The molecule has 0 saturated heterocycles. The lowest BCUT2D eigenvalue weighted by atomic mass is 10.1. The van der Waals surface area contributed by atoms with E-state index in [9.17, 15) is 4.79 Å². The molecule has 1 atom stereocenters. The number of anilines is 1. The first-order chi connectivity index (χ1) is 16.2. The average molecular weight is 450 g/mol. The summed E-state index contributed by atoms with van der Waals surface area (Å²) in [6.45, 7) is 1.90. The standard InChI is InChI=1S/C28H23N3OS/c1-19(27(32)29-24-17-16-20-10-8-9-15-23(20)18-24)33-28-30-25(21-11-4-2-5-12-21)26(31-28)22-13-6-3-7-14-22/h2-19H,1H3,(H,29,32)(H,30,31). The Balaban J connectivity index is 1.37. The minimum absolute atomic E-state index is 0.0609. The molecule has 0 aliphatic carbocycles. The van der Waals surface area contributed by atoms with Crippen molar-refractivity contribution in [1.82, 2.24) is 9.97 Å². The van der Waals surface area contributed by atoms with Crippen LogP contribution in [0.4, 0.5) is 5.69 Å². The summed E-state index contributed by atoms with van der Waals surface area (Å²) in [4.78, 5) is 21.2. The third-order valence-electron chi connectivity index (χ3n) is 5.47. The number of aromatic nitrogens is 2. The summed E-state index contributed by atoms with van der Waals surface area (Å²) in [7, 11) is 0. The van der Waals surface area contributed by atoms with Gasteiger partial charge in [-0.1, -0.05) is 103 Å². The molecule has 5 heteroatoms. The first-order valence-electron chi connectivity index (χ1n) is 10.8. The molecule has 0 spiro atoms. The number of hydrogen-bond donors (Lipinski definition) is 2. The number of H-pyrrole nitrogens is 1. The maximum absolute atomic E-state index is 12.9. The van der Waals surface area contributed by atoms with Crippen LogP contribution in [0.2, 0.25) is 0 Å². The predicted molar refractivity (Wildman–Crippen MR) is 137 cm³/mol. The van der Waals surface area contributed by atoms with E-state index in [2.05, 4.69) is 28.5 Å². The molecule has 1 heterocycles. The molecule has 0 aliphatic heterocycles. The number of rotatable bonds is 6. The third-order valence-corrected chi connectivity index (χ3v) is 6.45. The number of imidazole rings is 1. The molecule has 4 aromatic carbocycles. The molecule has 0 bridgehead atoms. The molecular weight excluding hydrogens is 426 g/mol. The SMILES string of the molecule is CC(Sc1nc(-c2ccccc2)c(-c2ccccc2)[nH]1)C(=O)Nc1ccc2ccccc2c1. The predicted octanol–water partition coefficient (Wildman–Crippen LogP) is 7.02. The van der Waals surface area contributed by atoms with Gasteiger partial charge in [-0.3, -0.25) is 4.79 Å². The zero-order valence-electron chi connectivity index (χ0n) is 18.2. The van der Waals surface area contributed by atoms with E-state index in [0.29, 0.717) is 5.16 Å². The van der Waals surface area contributed by atoms with Crippen LogP contribution >= 0.6 is 11.8 Å². The van der Waals surface area contributed by atoms with Crippen LogP contribution in [0, 0.1) is 0 Å². The van der Waals surface area contributed by atoms with Crippen LogP contribution in [0.5, 0.6) is 0 Å². The third kappa shape index (κ3) is 4.69. The fourth-order valence-electron chi connectivity index (χ4n) is 3.76. The molecule has 5 rings (SSSR count). The maximum atomic E-state index is 12.9. The zero-order chi connectivity index (χ0) is 22.6. The van der Waals surface area contributed by atoms with Crippen LogP contribution < -0.4 is 5.32 Å². The van der Waals surface area contributed by atoms with Gasteiger partial charge in [-0.25, -0.2) is 4.98 Å². The number of fused-ring (bicyclic) bond motifs is 1. The first kappa shape index (κ1) is 21.0. The Kier molecular flexibility index (Phi) is 5.96. The van der Waals surface area contributed by atoms with Crippen LogP contribution in [0.3, 0.4) is 0 Å². The van der Waals surface area contributed by atoms with E-state index in [0.717, 1.165) is 39.0 Å². The fraction of sp³-hybridized carbons (Fsp3) is 0.0714. The Morgan fingerprint density at radius 1 is 0.818 bits per heavy atom. The van der Waals surface area contributed by atoms with Gasteiger partial charge < -0.3 is 10.3 Å². The van der Waals surface area contributed by atoms with E-state index in [4.69, 9.17) is 4.98 Å². The van der Waals surface area contributed by atoms with Crippen molar-refractivity contribution < 1.29 is 4.79 Å². The lowest BCUT2D eigenvalue weighted by molar-refractivity contribution is -0.115. The lowest BCUT2D eigenvalue weighted by Gasteiger charge is -2.11. The number of benzene rings is 4. The second kappa shape index (κ2) is 9.35. The molecule has 0 aliphatic rings. The molecule has 4 nitrogen and oxygen atoms in total. The van der Waals surface area contributed by atoms with E-state index < -0.39 is 0 Å². The second-order valence-electron chi connectivity index (χ2n) is 7.81. The number of aromatic amines is 1. The summed E-state index contributed by atoms with van der Waals surface area (Å²) in [5, 5.41) is 5.68. The average Bonchev–Trinajstić information content (AvgIpc) is 3.29. The lowest BCUT2D eigenvalue weighted by Crippen LogP contribution is -2.22. The minimum atomic E-state index is -0.324. The summed E-state index contributed by atoms with van der Waals surface area (Å²) in [5.74, 6) is -0.0609. The Labute approximate surface area is 197 Å². The number of amides is 1. The number of nitrogens with zero attached hydrogens (tertiary/aromatic N) is 1. The van der Waals surface area contributed by atoms with Gasteiger partial charge in [0, 0.05) is 16.8 Å². The Hall–Kier alpha value is -3.83. The van der Waals surface area contributed by atoms with Crippen LogP contribution in [0.25, 0.3) is 33.3 Å². The highest BCUT2D eigenvalue weighted by Gasteiger charge is 2.20. The van der Waals surface area contributed by atoms with Crippen molar-refractivity contribution in [1.29, 1.82) is 0 Å². The van der Waals surface area contributed by atoms with Crippen LogP contribution in [0.1, 0.15) is 6.92 Å². The highest BCUT2D eigenvalue weighted by atomic mass is 32.2. The van der Waals surface area contributed by atoms with Gasteiger partial charge in [-0.05, 0) is 29.8 Å². The Morgan fingerprint density at radius 3 is 2.18 bits per heavy atom. The van der Waals surface area contributed by atoms with Gasteiger partial charge in [-0.15, -0.1) is 0 Å². The van der Waals surface area contributed by atoms with Crippen molar-refractivity contribution in [3.8, 4) is 22.5 Å². The summed E-state index contributed by atoms with van der Waals surface area (Å²) in [6, 6.07) is 34.3. The summed E-state index contributed by atoms with van der Waals surface area (Å²) < 4.78 is 0. The molecule has 0 radical (unpaired) electrons. The quantitative estimate of drug-likeness (QED) is 0.274. The normalized spacial score (nSPS) is 11.9. The minimum Gasteiger partial charge on any atom is -0.332 e. The topological polar surface area (TPSA) is 57.8 Å². The van der Waals surface area contributed by atoms with E-state index in [1.54, 1.807) is 0 Å². The highest BCUT2D eigenvalue weighted by Crippen LogP contribution is 2.34. The number of thioether (sulfide) groups is 1. The second-order valence-corrected chi connectivity index (χ2v) is 9.14. The number of nitrogens with one attached hydrogen (secondary N) is 2. The molecule has 0 fully saturated rings. The number of carbonyl (C=O) groups excluding carboxylic acids is 1. The van der Waals surface area contributed by atoms with Crippen molar-refractivity contribution in [3.63, 3.8) is 0 Å². The Bertz CT molecular complexity index is 1340. The molecule has 1 aromatic heterocycles. The molecular formula is C28H23N3OS. The van der Waals surface area contributed by atoms with Crippen molar-refractivity contribution in [2.45, 2.75) is 17.3 Å². The van der Waals surface area contributed by atoms with Gasteiger partial charge in [0.05, 0.1) is 16.6 Å². The van der Waals surface area contributed by atoms with Crippen molar-refractivity contribution in [2.75, 3.05) is 5.32 Å². The van der Waals surface area contributed by atoms with E-state index in [1.165, 1.54) is 11.8 Å². The van der Waals surface area contributed by atoms with E-state index in [-0.39, 0.29) is 11.2 Å². The number of hydrogen-bond acceptors (Lipinski definition) is 3. The fourth-order valence-corrected chi connectivity index (χ4v) is 4.56. The van der Waals surface area contributed by atoms with Crippen LogP contribution in [0.15, 0.2) is 108 Å². The monoisotopic (exact) mass is 449 g/mol. The summed E-state index contributed by atoms with van der Waals surface area (Å²) in [5.41, 5.74) is 4.72. The van der Waals surface area contributed by atoms with Gasteiger partial charge in [-0.2, -0.15) is 0 Å². The van der Waals surface area contributed by atoms with Gasteiger partial charge in [0.2, 0.25) is 5.91 Å². The Morgan fingerprint density at radius 2 is 1.45 bits per heavy atom. The van der Waals surface area contributed by atoms with Crippen molar-refractivity contribution >= 4 is 34.1 Å². The van der Waals surface area contributed by atoms with E-state index >= 15 is 0 Å². The molecule has 162 valence electrons. The van der Waals surface area contributed by atoms with Crippen molar-refractivity contribution in [3.05, 3.63) is 103 Å². The first-order valence-corrected chi connectivity index (χ1v) is 11.7. The van der Waals surface area contributed by atoms with Crippen LogP contribution in [-0.2, 0) is 4.79 Å². The zero-order valence-corrected chi connectivity index (χ0v) is 19.0. The molecule has 33 heavy (non-hydrogen) atoms. The van der Waals surface area contributed by atoms with Gasteiger partial charge in [0.25, 0.3) is 0 Å². The van der Waals surface area contributed by atoms with Gasteiger partial charge >= 0.3 is 0 Å². The highest BCUT2D eigenvalue weighted by molar-refractivity contribution is 8.00. The largest absolute Gasteiger partial charge is 0.332 e. The molecule has 2 N–H and O–H groups in total. The molecule has 5 aromatic rings. The maximum Gasteiger partial charge on any atom is 0.237 e. The van der Waals surface area contributed by atoms with Gasteiger partial charge in [0.15, 0.2) is 5.16 Å². The summed E-state index contributed by atoms with van der Waals surface area (Å²) >= 11 is 1.42.